The van der Waals surface area contributed by atoms with Gasteiger partial charge in [0.15, 0.2) is 0 Å². The van der Waals surface area contributed by atoms with Crippen LogP contribution in [0.25, 0.3) is 21.8 Å². The Kier molecular flexibility index (Phi) is 9.53. The van der Waals surface area contributed by atoms with Gasteiger partial charge >= 0.3 is 0 Å². The zero-order valence-corrected chi connectivity index (χ0v) is 21.6. The number of H-pyrrole nitrogens is 2. The Morgan fingerprint density at radius 2 is 1.34 bits per heavy atom. The van der Waals surface area contributed by atoms with Gasteiger partial charge in [-0.25, -0.2) is 0 Å². The number of hydrogen-bond donors (Lipinski definition) is 5. The summed E-state index contributed by atoms with van der Waals surface area (Å²) in [4.78, 5) is 45.8. The van der Waals surface area contributed by atoms with Gasteiger partial charge in [0.2, 0.25) is 17.7 Å². The SMILES string of the molecule is NCCCC(=O)N(CCNC(=O)CCc1c[nH]c2ccccc12)CCNC(=O)Cc1c[nH]c2ccccc12. The largest absolute Gasteiger partial charge is 0.361 e. The lowest BCUT2D eigenvalue weighted by molar-refractivity contribution is -0.132. The summed E-state index contributed by atoms with van der Waals surface area (Å²) in [6.45, 7) is 1.87. The third-order valence-electron chi connectivity index (χ3n) is 6.68. The van der Waals surface area contributed by atoms with E-state index in [0.29, 0.717) is 58.4 Å². The minimum Gasteiger partial charge on any atom is -0.361 e. The Morgan fingerprint density at radius 3 is 2.00 bits per heavy atom. The van der Waals surface area contributed by atoms with Crippen molar-refractivity contribution in [3.63, 3.8) is 0 Å². The van der Waals surface area contributed by atoms with Gasteiger partial charge < -0.3 is 31.2 Å². The molecule has 9 nitrogen and oxygen atoms in total. The molecule has 0 aliphatic heterocycles. The number of para-hydroxylation sites is 2. The molecule has 2 aromatic heterocycles. The molecule has 3 amide bonds. The van der Waals surface area contributed by atoms with E-state index >= 15 is 0 Å². The maximum atomic E-state index is 12.7. The molecule has 0 radical (unpaired) electrons. The number of hydrogen-bond acceptors (Lipinski definition) is 4. The minimum atomic E-state index is -0.102. The highest BCUT2D eigenvalue weighted by molar-refractivity contribution is 5.89. The fourth-order valence-electron chi connectivity index (χ4n) is 4.62. The van der Waals surface area contributed by atoms with Crippen molar-refractivity contribution in [3.8, 4) is 0 Å². The molecule has 0 bridgehead atoms. The standard InChI is InChI=1S/C29H36N6O3/c30-13-5-10-29(38)35(17-15-32-28(37)18-22-20-34-26-9-4-2-7-24(22)26)16-14-31-27(36)12-11-21-19-33-25-8-3-1-6-23(21)25/h1-4,6-9,19-20,33-34H,5,10-18,30H2,(H,31,36)(H,32,37). The Balaban J connectivity index is 1.21. The van der Waals surface area contributed by atoms with Crippen LogP contribution in [0.5, 0.6) is 0 Å². The van der Waals surface area contributed by atoms with Gasteiger partial charge in [-0.05, 0) is 42.6 Å². The van der Waals surface area contributed by atoms with Crippen molar-refractivity contribution in [2.75, 3.05) is 32.7 Å². The summed E-state index contributed by atoms with van der Waals surface area (Å²) in [5, 5.41) is 7.99. The first-order valence-corrected chi connectivity index (χ1v) is 13.2. The number of carbonyl (C=O) groups excluding carboxylic acids is 3. The van der Waals surface area contributed by atoms with E-state index in [4.69, 9.17) is 5.73 Å². The van der Waals surface area contributed by atoms with Crippen LogP contribution in [0.2, 0.25) is 0 Å². The van der Waals surface area contributed by atoms with Gasteiger partial charge in [0.25, 0.3) is 0 Å². The number of fused-ring (bicyclic) bond motifs is 2. The molecule has 4 rings (SSSR count). The molecule has 0 fully saturated rings. The van der Waals surface area contributed by atoms with Crippen LogP contribution in [0.4, 0.5) is 0 Å². The number of carbonyl (C=O) groups is 3. The summed E-state index contributed by atoms with van der Waals surface area (Å²) in [7, 11) is 0. The molecule has 0 saturated carbocycles. The van der Waals surface area contributed by atoms with Gasteiger partial charge in [-0.1, -0.05) is 36.4 Å². The monoisotopic (exact) mass is 516 g/mol. The first kappa shape index (κ1) is 26.9. The molecule has 6 N–H and O–H groups in total. The van der Waals surface area contributed by atoms with Gasteiger partial charge in [-0.3, -0.25) is 14.4 Å². The predicted octanol–water partition coefficient (Wildman–Crippen LogP) is 2.62. The van der Waals surface area contributed by atoms with Crippen LogP contribution in [-0.2, 0) is 27.2 Å². The van der Waals surface area contributed by atoms with Crippen LogP contribution >= 0.6 is 0 Å². The second-order valence-corrected chi connectivity index (χ2v) is 9.37. The second-order valence-electron chi connectivity index (χ2n) is 9.37. The van der Waals surface area contributed by atoms with E-state index in [1.54, 1.807) is 4.90 Å². The Hall–Kier alpha value is -4.11. The van der Waals surface area contributed by atoms with E-state index in [-0.39, 0.29) is 24.1 Å². The summed E-state index contributed by atoms with van der Waals surface area (Å²) in [6.07, 6.45) is 6.01. The number of aryl methyl sites for hydroxylation is 1. The molecule has 38 heavy (non-hydrogen) atoms. The summed E-state index contributed by atoms with van der Waals surface area (Å²) in [5.41, 5.74) is 9.68. The van der Waals surface area contributed by atoms with Crippen molar-refractivity contribution in [1.29, 1.82) is 0 Å². The van der Waals surface area contributed by atoms with Gasteiger partial charge in [-0.15, -0.1) is 0 Å². The smallest absolute Gasteiger partial charge is 0.224 e. The molecule has 4 aromatic rings. The molecule has 200 valence electrons. The highest BCUT2D eigenvalue weighted by atomic mass is 16.2. The number of nitrogens with two attached hydrogens (primary N) is 1. The summed E-state index contributed by atoms with van der Waals surface area (Å²) in [6, 6.07) is 15.9. The molecule has 0 saturated heterocycles. The highest BCUT2D eigenvalue weighted by Gasteiger charge is 2.15. The fraction of sp³-hybridized carbons (Fsp3) is 0.345. The fourth-order valence-corrected chi connectivity index (χ4v) is 4.62. The molecule has 0 aliphatic carbocycles. The lowest BCUT2D eigenvalue weighted by Crippen LogP contribution is -2.43. The quantitative estimate of drug-likeness (QED) is 0.176. The molecule has 0 atom stereocenters. The molecular formula is C29H36N6O3. The van der Waals surface area contributed by atoms with Crippen LogP contribution in [0.1, 0.15) is 30.4 Å². The van der Waals surface area contributed by atoms with E-state index in [2.05, 4.69) is 20.6 Å². The van der Waals surface area contributed by atoms with Crippen LogP contribution in [0, 0.1) is 0 Å². The maximum Gasteiger partial charge on any atom is 0.224 e. The number of benzene rings is 2. The van der Waals surface area contributed by atoms with Gasteiger partial charge in [0.05, 0.1) is 6.42 Å². The number of aromatic amines is 2. The van der Waals surface area contributed by atoms with E-state index in [1.165, 1.54) is 0 Å². The lowest BCUT2D eigenvalue weighted by atomic mass is 10.1. The topological polar surface area (TPSA) is 136 Å². The molecule has 2 aromatic carbocycles. The zero-order chi connectivity index (χ0) is 26.7. The number of rotatable bonds is 14. The third kappa shape index (κ3) is 7.23. The molecule has 2 heterocycles. The Morgan fingerprint density at radius 1 is 0.763 bits per heavy atom. The molecule has 9 heteroatoms. The summed E-state index contributed by atoms with van der Waals surface area (Å²) in [5.74, 6) is -0.194. The molecular weight excluding hydrogens is 480 g/mol. The van der Waals surface area contributed by atoms with Crippen molar-refractivity contribution in [2.45, 2.75) is 32.1 Å². The van der Waals surface area contributed by atoms with Crippen LogP contribution in [0.3, 0.4) is 0 Å². The average molecular weight is 517 g/mol. The third-order valence-corrected chi connectivity index (χ3v) is 6.68. The van der Waals surface area contributed by atoms with Crippen molar-refractivity contribution in [3.05, 3.63) is 72.1 Å². The van der Waals surface area contributed by atoms with Crippen LogP contribution in [-0.4, -0.2) is 65.3 Å². The number of nitrogens with zero attached hydrogens (tertiary/aromatic N) is 1. The zero-order valence-electron chi connectivity index (χ0n) is 21.6. The van der Waals surface area contributed by atoms with Crippen LogP contribution in [0.15, 0.2) is 60.9 Å². The van der Waals surface area contributed by atoms with Crippen molar-refractivity contribution in [2.24, 2.45) is 5.73 Å². The average Bonchev–Trinajstić information content (AvgIpc) is 3.54. The van der Waals surface area contributed by atoms with Crippen molar-refractivity contribution >= 4 is 39.5 Å². The number of nitrogens with one attached hydrogen (secondary N) is 4. The lowest BCUT2D eigenvalue weighted by Gasteiger charge is -2.23. The molecule has 0 spiro atoms. The van der Waals surface area contributed by atoms with Gasteiger partial charge in [0.1, 0.15) is 0 Å². The molecule has 0 unspecified atom stereocenters. The Bertz CT molecular complexity index is 1370. The highest BCUT2D eigenvalue weighted by Crippen LogP contribution is 2.19. The van der Waals surface area contributed by atoms with Gasteiger partial charge in [-0.2, -0.15) is 0 Å². The minimum absolute atomic E-state index is 0.0330. The first-order valence-electron chi connectivity index (χ1n) is 13.2. The van der Waals surface area contributed by atoms with Crippen LogP contribution < -0.4 is 16.4 Å². The number of amides is 3. The van der Waals surface area contributed by atoms with E-state index < -0.39 is 0 Å². The van der Waals surface area contributed by atoms with Crippen molar-refractivity contribution < 1.29 is 14.4 Å². The summed E-state index contributed by atoms with van der Waals surface area (Å²) >= 11 is 0. The number of aromatic nitrogens is 2. The Labute approximate surface area is 222 Å². The normalized spacial score (nSPS) is 11.1. The summed E-state index contributed by atoms with van der Waals surface area (Å²) < 4.78 is 0. The van der Waals surface area contributed by atoms with E-state index in [1.807, 2.05) is 60.9 Å². The van der Waals surface area contributed by atoms with E-state index in [0.717, 1.165) is 32.9 Å². The maximum absolute atomic E-state index is 12.7. The van der Waals surface area contributed by atoms with Gasteiger partial charge in [0, 0.05) is 73.2 Å². The second kappa shape index (κ2) is 13.4. The van der Waals surface area contributed by atoms with E-state index in [9.17, 15) is 14.4 Å². The predicted molar refractivity (Wildman–Crippen MR) is 150 cm³/mol. The first-order chi connectivity index (χ1) is 18.5. The van der Waals surface area contributed by atoms with Crippen molar-refractivity contribution in [1.82, 2.24) is 25.5 Å². The molecule has 0 aliphatic rings.